The van der Waals surface area contributed by atoms with E-state index in [0.29, 0.717) is 0 Å². The van der Waals surface area contributed by atoms with Crippen molar-refractivity contribution in [3.05, 3.63) is 23.1 Å². The number of hydrogen-bond donors (Lipinski definition) is 0. The van der Waals surface area contributed by atoms with E-state index in [1.165, 1.54) is 24.2 Å². The van der Waals surface area contributed by atoms with Crippen LogP contribution in [0.3, 0.4) is 0 Å². The Morgan fingerprint density at radius 2 is 1.88 bits per heavy atom. The summed E-state index contributed by atoms with van der Waals surface area (Å²) >= 11 is 2.11. The lowest BCUT2D eigenvalue weighted by atomic mass is 9.80. The molecule has 16 heavy (non-hydrogen) atoms. The molecule has 3 fully saturated rings. The number of rotatable bonds is 2. The first-order chi connectivity index (χ1) is 7.83. The van der Waals surface area contributed by atoms with Gasteiger partial charge in [0.25, 0.3) is 0 Å². The summed E-state index contributed by atoms with van der Waals surface area (Å²) in [6.45, 7) is 4.00. The second-order valence-electron chi connectivity index (χ2n) is 4.66. The Morgan fingerprint density at radius 1 is 1.19 bits per heavy atom. The van der Waals surface area contributed by atoms with Gasteiger partial charge in [0.1, 0.15) is 0 Å². The van der Waals surface area contributed by atoms with Crippen LogP contribution < -0.4 is 0 Å². The van der Waals surface area contributed by atoms with Gasteiger partial charge in [0, 0.05) is 22.2 Å². The first-order valence-corrected chi connectivity index (χ1v) is 7.46. The minimum absolute atomic E-state index is 0.893. The molecular formula is C14H23NS. The van der Waals surface area contributed by atoms with Crippen molar-refractivity contribution in [3.8, 4) is 0 Å². The molecule has 2 bridgehead atoms. The summed E-state index contributed by atoms with van der Waals surface area (Å²) in [4.78, 5) is 4.08. The standard InChI is InChI=1S/C12H17NS.C2H6/c1-13-9-6-10(13)8-12(7-9)14-11-4-2-3-5-11;1-2/h2,4-5,9-10,12H,3,6-8H2,1H3;1-2H3. The number of hydrogen-bond acceptors (Lipinski definition) is 2. The second-order valence-corrected chi connectivity index (χ2v) is 6.04. The highest BCUT2D eigenvalue weighted by atomic mass is 32.2. The molecule has 2 aliphatic heterocycles. The van der Waals surface area contributed by atoms with Crippen LogP contribution in [0.1, 0.15) is 39.5 Å². The molecule has 0 spiro atoms. The van der Waals surface area contributed by atoms with E-state index in [-0.39, 0.29) is 0 Å². The molecule has 1 saturated carbocycles. The van der Waals surface area contributed by atoms with E-state index in [0.717, 1.165) is 23.8 Å². The maximum atomic E-state index is 2.57. The highest BCUT2D eigenvalue weighted by molar-refractivity contribution is 8.03. The van der Waals surface area contributed by atoms with E-state index in [2.05, 4.69) is 41.9 Å². The number of fused-ring (bicyclic) bond motifs is 2. The average molecular weight is 237 g/mol. The molecule has 2 heteroatoms. The Labute approximate surface area is 104 Å². The highest BCUT2D eigenvalue weighted by Gasteiger charge is 2.43. The van der Waals surface area contributed by atoms with Crippen molar-refractivity contribution in [2.24, 2.45) is 0 Å². The van der Waals surface area contributed by atoms with Crippen molar-refractivity contribution in [2.45, 2.75) is 56.9 Å². The molecule has 90 valence electrons. The fraction of sp³-hybridized carbons (Fsp3) is 0.714. The SMILES string of the molecule is CC.CN1C2CC(SC3=CCC=C3)CC1C2. The lowest BCUT2D eigenvalue weighted by Gasteiger charge is -2.53. The van der Waals surface area contributed by atoms with Gasteiger partial charge in [-0.2, -0.15) is 0 Å². The molecule has 0 radical (unpaired) electrons. The summed E-state index contributed by atoms with van der Waals surface area (Å²) in [5.74, 6) is 0. The zero-order valence-electron chi connectivity index (χ0n) is 10.6. The summed E-state index contributed by atoms with van der Waals surface area (Å²) in [5.41, 5.74) is 0. The smallest absolute Gasteiger partial charge is 0.0124 e. The van der Waals surface area contributed by atoms with Crippen LogP contribution in [-0.4, -0.2) is 29.3 Å². The lowest BCUT2D eigenvalue weighted by Crippen LogP contribution is -2.59. The summed E-state index contributed by atoms with van der Waals surface area (Å²) in [7, 11) is 2.29. The third-order valence-electron chi connectivity index (χ3n) is 3.81. The molecule has 2 unspecified atom stereocenters. The number of allylic oxidation sites excluding steroid dienone is 3. The second kappa shape index (κ2) is 5.42. The topological polar surface area (TPSA) is 3.24 Å². The largest absolute Gasteiger partial charge is 0.300 e. The van der Waals surface area contributed by atoms with Gasteiger partial charge in [0.2, 0.25) is 0 Å². The van der Waals surface area contributed by atoms with Crippen LogP contribution >= 0.6 is 11.8 Å². The molecule has 0 aromatic carbocycles. The first kappa shape index (κ1) is 12.3. The van der Waals surface area contributed by atoms with Crippen molar-refractivity contribution < 1.29 is 0 Å². The van der Waals surface area contributed by atoms with Crippen LogP contribution in [0.2, 0.25) is 0 Å². The first-order valence-electron chi connectivity index (χ1n) is 6.58. The average Bonchev–Trinajstić information content (AvgIpc) is 2.84. The van der Waals surface area contributed by atoms with Crippen molar-refractivity contribution in [3.63, 3.8) is 0 Å². The van der Waals surface area contributed by atoms with Crippen LogP contribution in [0.4, 0.5) is 0 Å². The predicted octanol–water partition coefficient (Wildman–Crippen LogP) is 3.82. The van der Waals surface area contributed by atoms with E-state index >= 15 is 0 Å². The van der Waals surface area contributed by atoms with Gasteiger partial charge >= 0.3 is 0 Å². The highest BCUT2D eigenvalue weighted by Crippen LogP contribution is 2.43. The zero-order valence-corrected chi connectivity index (χ0v) is 11.5. The molecule has 0 N–H and O–H groups in total. The van der Waals surface area contributed by atoms with E-state index in [9.17, 15) is 0 Å². The lowest BCUT2D eigenvalue weighted by molar-refractivity contribution is 0.00117. The molecule has 2 atom stereocenters. The summed E-state index contributed by atoms with van der Waals surface area (Å²) in [6.07, 6.45) is 12.3. The molecule has 4 aliphatic rings. The maximum absolute atomic E-state index is 2.57. The fourth-order valence-corrected chi connectivity index (χ4v) is 4.24. The Bertz CT molecular complexity index is 283. The predicted molar refractivity (Wildman–Crippen MR) is 73.8 cm³/mol. The van der Waals surface area contributed by atoms with Gasteiger partial charge in [-0.15, -0.1) is 11.8 Å². The minimum atomic E-state index is 0.893. The summed E-state index contributed by atoms with van der Waals surface area (Å²) in [5, 5.41) is 0.893. The Morgan fingerprint density at radius 3 is 2.38 bits per heavy atom. The molecule has 2 aliphatic carbocycles. The fourth-order valence-electron chi connectivity index (χ4n) is 2.85. The van der Waals surface area contributed by atoms with Gasteiger partial charge in [0.15, 0.2) is 0 Å². The normalized spacial score (nSPS) is 36.2. The zero-order chi connectivity index (χ0) is 11.5. The summed E-state index contributed by atoms with van der Waals surface area (Å²) < 4.78 is 0. The molecular weight excluding hydrogens is 214 g/mol. The molecule has 1 nitrogen and oxygen atoms in total. The van der Waals surface area contributed by atoms with Crippen LogP contribution in [0, 0.1) is 0 Å². The van der Waals surface area contributed by atoms with E-state index in [1.54, 1.807) is 0 Å². The number of thioether (sulfide) groups is 1. The molecule has 4 rings (SSSR count). The van der Waals surface area contributed by atoms with Gasteiger partial charge in [0.05, 0.1) is 0 Å². The maximum Gasteiger partial charge on any atom is 0.0124 e. The molecule has 2 saturated heterocycles. The third kappa shape index (κ3) is 2.38. The minimum Gasteiger partial charge on any atom is -0.300 e. The van der Waals surface area contributed by atoms with Crippen molar-refractivity contribution in [2.75, 3.05) is 7.05 Å². The van der Waals surface area contributed by atoms with Gasteiger partial charge in [-0.1, -0.05) is 32.1 Å². The van der Waals surface area contributed by atoms with E-state index < -0.39 is 0 Å². The van der Waals surface area contributed by atoms with Crippen molar-refractivity contribution in [1.29, 1.82) is 0 Å². The quantitative estimate of drug-likeness (QED) is 0.718. The Kier molecular flexibility index (Phi) is 4.15. The van der Waals surface area contributed by atoms with Crippen molar-refractivity contribution in [1.82, 2.24) is 4.90 Å². The van der Waals surface area contributed by atoms with Crippen LogP contribution in [0.15, 0.2) is 23.1 Å². The molecule has 0 aromatic rings. The van der Waals surface area contributed by atoms with E-state index in [1.807, 2.05) is 13.8 Å². The Hall–Kier alpha value is -0.210. The summed E-state index contributed by atoms with van der Waals surface area (Å²) in [6, 6.07) is 1.80. The van der Waals surface area contributed by atoms with Gasteiger partial charge in [-0.05, 0) is 32.7 Å². The van der Waals surface area contributed by atoms with Gasteiger partial charge < -0.3 is 4.90 Å². The van der Waals surface area contributed by atoms with Crippen LogP contribution in [-0.2, 0) is 0 Å². The van der Waals surface area contributed by atoms with Crippen molar-refractivity contribution >= 4 is 11.8 Å². The number of nitrogens with zero attached hydrogens (tertiary/aromatic N) is 1. The number of piperidine rings is 1. The Balaban J connectivity index is 0.000000457. The van der Waals surface area contributed by atoms with Crippen LogP contribution in [0.25, 0.3) is 0 Å². The molecule has 2 heterocycles. The van der Waals surface area contributed by atoms with E-state index in [4.69, 9.17) is 0 Å². The monoisotopic (exact) mass is 237 g/mol. The molecule has 0 amide bonds. The van der Waals surface area contributed by atoms with Gasteiger partial charge in [-0.3, -0.25) is 0 Å². The third-order valence-corrected chi connectivity index (χ3v) is 5.10. The van der Waals surface area contributed by atoms with Gasteiger partial charge in [-0.25, -0.2) is 0 Å². The molecule has 0 aromatic heterocycles. The van der Waals surface area contributed by atoms with Crippen LogP contribution in [0.5, 0.6) is 0 Å².